The number of esters is 1. The fourth-order valence-electron chi connectivity index (χ4n) is 4.12. The van der Waals surface area contributed by atoms with Gasteiger partial charge in [-0.2, -0.15) is 0 Å². The number of nitrogens with one attached hydrogen (secondary N) is 1. The number of aromatic amines is 1. The van der Waals surface area contributed by atoms with Crippen LogP contribution in [0.15, 0.2) is 80.3 Å². The number of hydrogen-bond donors (Lipinski definition) is 1. The van der Waals surface area contributed by atoms with Crippen LogP contribution >= 0.6 is 27.3 Å². The van der Waals surface area contributed by atoms with E-state index in [1.807, 2.05) is 60.8 Å². The van der Waals surface area contributed by atoms with Crippen LogP contribution in [0, 0.1) is 0 Å². The molecule has 0 radical (unpaired) electrons. The lowest BCUT2D eigenvalue weighted by Gasteiger charge is -2.24. The summed E-state index contributed by atoms with van der Waals surface area (Å²) in [4.78, 5) is 35.0. The van der Waals surface area contributed by atoms with Crippen LogP contribution in [-0.4, -0.2) is 22.1 Å². The fraction of sp³-hybridized carbons (Fsp3) is 0.160. The van der Waals surface area contributed by atoms with Crippen LogP contribution in [-0.2, 0) is 9.53 Å². The lowest BCUT2D eigenvalue weighted by molar-refractivity contribution is -0.139. The van der Waals surface area contributed by atoms with Gasteiger partial charge in [-0.05, 0) is 43.7 Å². The molecule has 0 spiro atoms. The summed E-state index contributed by atoms with van der Waals surface area (Å²) in [6.45, 7) is 3.80. The molecule has 8 heteroatoms. The van der Waals surface area contributed by atoms with Gasteiger partial charge in [-0.25, -0.2) is 9.79 Å². The van der Waals surface area contributed by atoms with Crippen molar-refractivity contribution in [3.05, 3.63) is 101 Å². The quantitative estimate of drug-likeness (QED) is 0.411. The smallest absolute Gasteiger partial charge is 0.338 e. The average Bonchev–Trinajstić information content (AvgIpc) is 3.34. The second-order valence-corrected chi connectivity index (χ2v) is 9.57. The number of H-pyrrole nitrogens is 1. The van der Waals surface area contributed by atoms with Gasteiger partial charge in [-0.1, -0.05) is 57.6 Å². The van der Waals surface area contributed by atoms with Gasteiger partial charge in [0.15, 0.2) is 4.80 Å². The first-order valence-corrected chi connectivity index (χ1v) is 12.1. The van der Waals surface area contributed by atoms with E-state index in [4.69, 9.17) is 4.74 Å². The Kier molecular flexibility index (Phi) is 5.64. The Balaban J connectivity index is 1.74. The van der Waals surface area contributed by atoms with E-state index in [0.29, 0.717) is 20.6 Å². The monoisotopic (exact) mass is 521 g/mol. The third-order valence-electron chi connectivity index (χ3n) is 5.59. The van der Waals surface area contributed by atoms with E-state index in [9.17, 15) is 9.59 Å². The minimum absolute atomic E-state index is 0.189. The molecule has 166 valence electrons. The Hall–Kier alpha value is -3.23. The Bertz CT molecular complexity index is 1600. The summed E-state index contributed by atoms with van der Waals surface area (Å²) in [5, 5.41) is 1.01. The molecule has 0 saturated carbocycles. The van der Waals surface area contributed by atoms with Crippen molar-refractivity contribution in [1.82, 2.24) is 9.55 Å². The SMILES string of the molecule is CCOC(=O)C1=C(C)N=c2s/c(=C/c3c[nH]c4ccc(Br)cc34)c(=O)n2[C@H]1c1ccccc1. The van der Waals surface area contributed by atoms with Crippen molar-refractivity contribution in [3.63, 3.8) is 0 Å². The van der Waals surface area contributed by atoms with Crippen LogP contribution in [0.2, 0.25) is 0 Å². The predicted molar refractivity (Wildman–Crippen MR) is 133 cm³/mol. The van der Waals surface area contributed by atoms with Crippen LogP contribution in [0.25, 0.3) is 17.0 Å². The number of benzene rings is 2. The van der Waals surface area contributed by atoms with Crippen LogP contribution in [0.4, 0.5) is 0 Å². The fourth-order valence-corrected chi connectivity index (χ4v) is 5.52. The molecule has 5 rings (SSSR count). The highest BCUT2D eigenvalue weighted by atomic mass is 79.9. The van der Waals surface area contributed by atoms with E-state index in [0.717, 1.165) is 26.5 Å². The molecular weight excluding hydrogens is 502 g/mol. The number of allylic oxidation sites excluding steroid dienone is 1. The molecular formula is C25H20BrN3O3S. The number of fused-ring (bicyclic) bond motifs is 2. The van der Waals surface area contributed by atoms with Crippen molar-refractivity contribution >= 4 is 50.2 Å². The van der Waals surface area contributed by atoms with Gasteiger partial charge >= 0.3 is 5.97 Å². The van der Waals surface area contributed by atoms with E-state index in [1.165, 1.54) is 11.3 Å². The maximum atomic E-state index is 13.6. The van der Waals surface area contributed by atoms with Crippen molar-refractivity contribution in [2.75, 3.05) is 6.61 Å². The maximum Gasteiger partial charge on any atom is 0.338 e. The molecule has 3 heterocycles. The number of carbonyl (C=O) groups excluding carboxylic acids is 1. The lowest BCUT2D eigenvalue weighted by atomic mass is 9.96. The summed E-state index contributed by atoms with van der Waals surface area (Å²) < 4.78 is 8.44. The second-order valence-electron chi connectivity index (χ2n) is 7.65. The molecule has 1 atom stereocenters. The zero-order valence-electron chi connectivity index (χ0n) is 18.0. The Labute approximate surface area is 201 Å². The normalized spacial score (nSPS) is 16.1. The van der Waals surface area contributed by atoms with Crippen molar-refractivity contribution in [3.8, 4) is 0 Å². The lowest BCUT2D eigenvalue weighted by Crippen LogP contribution is -2.39. The molecule has 0 amide bonds. The number of hydrogen-bond acceptors (Lipinski definition) is 5. The van der Waals surface area contributed by atoms with Crippen molar-refractivity contribution in [2.24, 2.45) is 4.99 Å². The van der Waals surface area contributed by atoms with Gasteiger partial charge in [0, 0.05) is 27.1 Å². The molecule has 2 aromatic heterocycles. The third kappa shape index (κ3) is 3.79. The molecule has 4 aromatic rings. The van der Waals surface area contributed by atoms with E-state index in [2.05, 4.69) is 25.9 Å². The largest absolute Gasteiger partial charge is 0.463 e. The predicted octanol–water partition coefficient (Wildman–Crippen LogP) is 4.04. The van der Waals surface area contributed by atoms with Crippen LogP contribution in [0.1, 0.15) is 31.0 Å². The molecule has 0 unspecified atom stereocenters. The highest BCUT2D eigenvalue weighted by molar-refractivity contribution is 9.10. The maximum absolute atomic E-state index is 13.6. The van der Waals surface area contributed by atoms with Gasteiger partial charge in [0.05, 0.1) is 28.5 Å². The van der Waals surface area contributed by atoms with Crippen LogP contribution < -0.4 is 14.9 Å². The minimum Gasteiger partial charge on any atom is -0.463 e. The summed E-state index contributed by atoms with van der Waals surface area (Å²) in [5.74, 6) is -0.455. The average molecular weight is 522 g/mol. The molecule has 1 N–H and O–H groups in total. The first kappa shape index (κ1) is 21.6. The van der Waals surface area contributed by atoms with Gasteiger partial charge in [-0.3, -0.25) is 9.36 Å². The number of aromatic nitrogens is 2. The van der Waals surface area contributed by atoms with Crippen molar-refractivity contribution in [1.29, 1.82) is 0 Å². The minimum atomic E-state index is -0.597. The van der Waals surface area contributed by atoms with Gasteiger partial charge < -0.3 is 9.72 Å². The first-order chi connectivity index (χ1) is 16.0. The van der Waals surface area contributed by atoms with Gasteiger partial charge in [0.2, 0.25) is 0 Å². The van der Waals surface area contributed by atoms with E-state index >= 15 is 0 Å². The van der Waals surface area contributed by atoms with E-state index in [-0.39, 0.29) is 12.2 Å². The Morgan fingerprint density at radius 3 is 2.82 bits per heavy atom. The number of nitrogens with zero attached hydrogens (tertiary/aromatic N) is 2. The number of ether oxygens (including phenoxy) is 1. The van der Waals surface area contributed by atoms with Crippen molar-refractivity contribution in [2.45, 2.75) is 19.9 Å². The van der Waals surface area contributed by atoms with Gasteiger partial charge in [-0.15, -0.1) is 0 Å². The zero-order chi connectivity index (χ0) is 23.1. The molecule has 0 saturated heterocycles. The Morgan fingerprint density at radius 2 is 2.06 bits per heavy atom. The molecule has 1 aliphatic rings. The number of halogens is 1. The molecule has 0 fully saturated rings. The molecule has 1 aliphatic heterocycles. The standard InChI is InChI=1S/C25H20BrN3O3S/c1-3-32-24(31)21-14(2)28-25-29(22(21)15-7-5-4-6-8-15)23(30)20(33-25)11-16-13-27-19-10-9-17(26)12-18(16)19/h4-13,22,27H,3H2,1-2H3/b20-11+/t22-/m0/s1. The number of carbonyl (C=O) groups is 1. The summed E-state index contributed by atoms with van der Waals surface area (Å²) in [5.41, 5.74) is 3.49. The molecule has 2 aromatic carbocycles. The highest BCUT2D eigenvalue weighted by Gasteiger charge is 2.33. The first-order valence-electron chi connectivity index (χ1n) is 10.5. The van der Waals surface area contributed by atoms with E-state index in [1.54, 1.807) is 18.4 Å². The van der Waals surface area contributed by atoms with Gasteiger partial charge in [0.25, 0.3) is 5.56 Å². The number of thiazole rings is 1. The van der Waals surface area contributed by atoms with Crippen LogP contribution in [0.5, 0.6) is 0 Å². The van der Waals surface area contributed by atoms with E-state index < -0.39 is 12.0 Å². The topological polar surface area (TPSA) is 76.4 Å². The second kappa shape index (κ2) is 8.61. The van der Waals surface area contributed by atoms with Crippen molar-refractivity contribution < 1.29 is 9.53 Å². The summed E-state index contributed by atoms with van der Waals surface area (Å²) in [7, 11) is 0. The molecule has 0 bridgehead atoms. The highest BCUT2D eigenvalue weighted by Crippen LogP contribution is 2.30. The molecule has 0 aliphatic carbocycles. The summed E-state index contributed by atoms with van der Waals surface area (Å²) in [6, 6.07) is 14.9. The molecule has 33 heavy (non-hydrogen) atoms. The zero-order valence-corrected chi connectivity index (χ0v) is 20.4. The number of rotatable bonds is 4. The Morgan fingerprint density at radius 1 is 1.27 bits per heavy atom. The third-order valence-corrected chi connectivity index (χ3v) is 7.07. The summed E-state index contributed by atoms with van der Waals surface area (Å²) in [6.07, 6.45) is 3.76. The van der Waals surface area contributed by atoms with Crippen LogP contribution in [0.3, 0.4) is 0 Å². The van der Waals surface area contributed by atoms with Gasteiger partial charge in [0.1, 0.15) is 0 Å². The summed E-state index contributed by atoms with van der Waals surface area (Å²) >= 11 is 4.83. The molecule has 6 nitrogen and oxygen atoms in total.